The minimum Gasteiger partial charge on any atom is -0.444 e. The molecule has 2 aliphatic rings. The number of aryl methyl sites for hydroxylation is 1. The molecule has 2 aromatic rings. The van der Waals surface area contributed by atoms with Gasteiger partial charge in [-0.05, 0) is 27.2 Å². The molecule has 4 rings (SSSR count). The highest BCUT2D eigenvalue weighted by molar-refractivity contribution is 5.83. The Morgan fingerprint density at radius 3 is 2.88 bits per heavy atom. The molecule has 1 amide bonds. The second-order valence-corrected chi connectivity index (χ2v) is 7.54. The molecule has 1 saturated carbocycles. The molecular formula is C16H22N6O2. The molecule has 0 unspecified atom stereocenters. The molecule has 1 N–H and O–H groups in total. The zero-order valence-corrected chi connectivity index (χ0v) is 14.4. The van der Waals surface area contributed by atoms with Crippen LogP contribution in [0.25, 0.3) is 11.2 Å². The lowest BCUT2D eigenvalue weighted by Gasteiger charge is -2.26. The average Bonchev–Trinajstić information content (AvgIpc) is 2.85. The van der Waals surface area contributed by atoms with E-state index in [-0.39, 0.29) is 18.2 Å². The molecule has 1 aliphatic heterocycles. The lowest BCUT2D eigenvalue weighted by Crippen LogP contribution is -2.39. The van der Waals surface area contributed by atoms with Gasteiger partial charge in [0.15, 0.2) is 11.5 Å². The van der Waals surface area contributed by atoms with Gasteiger partial charge in [0.25, 0.3) is 0 Å². The van der Waals surface area contributed by atoms with E-state index in [1.807, 2.05) is 37.3 Å². The van der Waals surface area contributed by atoms with Gasteiger partial charge in [0.2, 0.25) is 0 Å². The Kier molecular flexibility index (Phi) is 3.20. The quantitative estimate of drug-likeness (QED) is 0.903. The van der Waals surface area contributed by atoms with E-state index in [9.17, 15) is 4.79 Å². The SMILES string of the molecule is Cn1cnc2c(N[C@@H]3[C@H]4CCN(C(=O)OC(C)(C)C)[C@H]43)ncnc21. The van der Waals surface area contributed by atoms with Crippen LogP contribution >= 0.6 is 0 Å². The summed E-state index contributed by atoms with van der Waals surface area (Å²) < 4.78 is 7.37. The van der Waals surface area contributed by atoms with Crippen molar-refractivity contribution in [1.82, 2.24) is 24.4 Å². The number of carbonyl (C=O) groups is 1. The lowest BCUT2D eigenvalue weighted by molar-refractivity contribution is 0.0261. The smallest absolute Gasteiger partial charge is 0.410 e. The molecular weight excluding hydrogens is 308 g/mol. The topological polar surface area (TPSA) is 85.2 Å². The van der Waals surface area contributed by atoms with E-state index in [1.54, 1.807) is 6.33 Å². The van der Waals surface area contributed by atoms with E-state index in [1.165, 1.54) is 6.33 Å². The standard InChI is InChI=1S/C16H22N6O2/c1-16(2,3)24-15(23)22-6-5-9-10(12(9)22)20-13-11-14(18-7-17-13)21(4)8-19-11/h7-10,12H,5-6H2,1-4H3,(H,17,18,20)/t9-,10-,12-/m1/s1. The van der Waals surface area contributed by atoms with Crippen LogP contribution in [0.2, 0.25) is 0 Å². The van der Waals surface area contributed by atoms with E-state index >= 15 is 0 Å². The molecule has 24 heavy (non-hydrogen) atoms. The number of hydrogen-bond acceptors (Lipinski definition) is 6. The fourth-order valence-corrected chi connectivity index (χ4v) is 3.50. The number of nitrogens with zero attached hydrogens (tertiary/aromatic N) is 5. The van der Waals surface area contributed by atoms with E-state index < -0.39 is 5.60 Å². The van der Waals surface area contributed by atoms with Gasteiger partial charge >= 0.3 is 6.09 Å². The number of anilines is 1. The summed E-state index contributed by atoms with van der Waals surface area (Å²) in [6.45, 7) is 6.42. The van der Waals surface area contributed by atoms with Crippen molar-refractivity contribution in [3.8, 4) is 0 Å². The number of hydrogen-bond donors (Lipinski definition) is 1. The summed E-state index contributed by atoms with van der Waals surface area (Å²) >= 11 is 0. The van der Waals surface area contributed by atoms with Crippen molar-refractivity contribution in [2.45, 2.75) is 44.9 Å². The summed E-state index contributed by atoms with van der Waals surface area (Å²) in [5, 5.41) is 3.45. The van der Waals surface area contributed by atoms with Gasteiger partial charge in [-0.25, -0.2) is 19.7 Å². The fourth-order valence-electron chi connectivity index (χ4n) is 3.50. The highest BCUT2D eigenvalue weighted by Crippen LogP contribution is 2.47. The molecule has 0 aromatic carbocycles. The Labute approximate surface area is 140 Å². The van der Waals surface area contributed by atoms with Gasteiger partial charge in [-0.3, -0.25) is 0 Å². The van der Waals surface area contributed by atoms with Gasteiger partial charge < -0.3 is 19.5 Å². The van der Waals surface area contributed by atoms with Crippen LogP contribution in [-0.2, 0) is 11.8 Å². The molecule has 0 radical (unpaired) electrons. The third kappa shape index (κ3) is 2.46. The minimum absolute atomic E-state index is 0.175. The van der Waals surface area contributed by atoms with Crippen molar-refractivity contribution >= 4 is 23.1 Å². The van der Waals surface area contributed by atoms with Crippen molar-refractivity contribution in [2.24, 2.45) is 13.0 Å². The molecule has 8 nitrogen and oxygen atoms in total. The second kappa shape index (κ2) is 5.06. The van der Waals surface area contributed by atoms with Crippen LogP contribution in [0.15, 0.2) is 12.7 Å². The molecule has 0 bridgehead atoms. The summed E-state index contributed by atoms with van der Waals surface area (Å²) in [4.78, 5) is 27.1. The Balaban J connectivity index is 1.49. The number of likely N-dealkylation sites (tertiary alicyclic amines) is 1. The molecule has 3 heterocycles. The summed E-state index contributed by atoms with van der Waals surface area (Å²) in [7, 11) is 1.90. The summed E-state index contributed by atoms with van der Waals surface area (Å²) in [5.74, 6) is 1.18. The van der Waals surface area contributed by atoms with Crippen LogP contribution in [-0.4, -0.2) is 54.7 Å². The first-order valence-corrected chi connectivity index (χ1v) is 8.23. The largest absolute Gasteiger partial charge is 0.444 e. The maximum Gasteiger partial charge on any atom is 0.410 e. The van der Waals surface area contributed by atoms with Gasteiger partial charge in [0, 0.05) is 19.5 Å². The lowest BCUT2D eigenvalue weighted by atomic mass is 10.2. The van der Waals surface area contributed by atoms with Crippen LogP contribution in [0.3, 0.4) is 0 Å². The Bertz CT molecular complexity index is 795. The zero-order chi connectivity index (χ0) is 17.1. The molecule has 1 saturated heterocycles. The van der Waals surface area contributed by atoms with Crippen LogP contribution in [0.4, 0.5) is 10.6 Å². The maximum absolute atomic E-state index is 12.3. The summed E-state index contributed by atoms with van der Waals surface area (Å²) in [6.07, 6.45) is 4.02. The third-order valence-electron chi connectivity index (χ3n) is 4.62. The molecule has 2 fully saturated rings. The molecule has 128 valence electrons. The average molecular weight is 330 g/mol. The first-order valence-electron chi connectivity index (χ1n) is 8.23. The van der Waals surface area contributed by atoms with Gasteiger partial charge in [0.1, 0.15) is 17.4 Å². The van der Waals surface area contributed by atoms with Crippen LogP contribution < -0.4 is 5.32 Å². The predicted octanol–water partition coefficient (Wildman–Crippen LogP) is 1.78. The number of rotatable bonds is 2. The number of carbonyl (C=O) groups excluding carboxylic acids is 1. The molecule has 3 atom stereocenters. The fraction of sp³-hybridized carbons (Fsp3) is 0.625. The number of amides is 1. The Hall–Kier alpha value is -2.38. The van der Waals surface area contributed by atoms with E-state index in [0.29, 0.717) is 5.92 Å². The number of piperidine rings is 1. The normalized spacial score (nSPS) is 25.7. The number of nitrogens with one attached hydrogen (secondary N) is 1. The van der Waals surface area contributed by atoms with Crippen molar-refractivity contribution in [1.29, 1.82) is 0 Å². The second-order valence-electron chi connectivity index (χ2n) is 7.54. The van der Waals surface area contributed by atoms with Crippen molar-refractivity contribution in [3.63, 3.8) is 0 Å². The summed E-state index contributed by atoms with van der Waals surface area (Å²) in [5.41, 5.74) is 1.08. The number of ether oxygens (including phenoxy) is 1. The van der Waals surface area contributed by atoms with Crippen LogP contribution in [0.5, 0.6) is 0 Å². The highest BCUT2D eigenvalue weighted by atomic mass is 16.6. The van der Waals surface area contributed by atoms with Gasteiger partial charge in [-0.1, -0.05) is 0 Å². The molecule has 1 aliphatic carbocycles. The van der Waals surface area contributed by atoms with Crippen molar-refractivity contribution < 1.29 is 9.53 Å². The molecule has 0 spiro atoms. The maximum atomic E-state index is 12.3. The third-order valence-corrected chi connectivity index (χ3v) is 4.62. The monoisotopic (exact) mass is 330 g/mol. The van der Waals surface area contributed by atoms with Crippen LogP contribution in [0, 0.1) is 5.92 Å². The minimum atomic E-state index is -0.472. The predicted molar refractivity (Wildman–Crippen MR) is 88.5 cm³/mol. The number of fused-ring (bicyclic) bond motifs is 2. The number of imidazole rings is 1. The van der Waals surface area contributed by atoms with Gasteiger partial charge in [-0.2, -0.15) is 0 Å². The van der Waals surface area contributed by atoms with Crippen molar-refractivity contribution in [3.05, 3.63) is 12.7 Å². The molecule has 2 aromatic heterocycles. The Morgan fingerprint density at radius 2 is 2.12 bits per heavy atom. The molecule has 8 heteroatoms. The van der Waals surface area contributed by atoms with Gasteiger partial charge in [-0.15, -0.1) is 0 Å². The van der Waals surface area contributed by atoms with E-state index in [0.717, 1.165) is 29.9 Å². The first kappa shape index (κ1) is 15.2. The highest BCUT2D eigenvalue weighted by Gasteiger charge is 2.60. The number of aromatic nitrogens is 4. The zero-order valence-electron chi connectivity index (χ0n) is 14.4. The van der Waals surface area contributed by atoms with Crippen LogP contribution in [0.1, 0.15) is 27.2 Å². The Morgan fingerprint density at radius 1 is 1.33 bits per heavy atom. The van der Waals surface area contributed by atoms with E-state index in [4.69, 9.17) is 4.74 Å². The summed E-state index contributed by atoms with van der Waals surface area (Å²) in [6, 6.07) is 0.375. The van der Waals surface area contributed by atoms with E-state index in [2.05, 4.69) is 20.3 Å². The van der Waals surface area contributed by atoms with Gasteiger partial charge in [0.05, 0.1) is 18.4 Å². The first-order chi connectivity index (χ1) is 11.3. The van der Waals surface area contributed by atoms with Crippen molar-refractivity contribution in [2.75, 3.05) is 11.9 Å².